The van der Waals surface area contributed by atoms with Crippen molar-refractivity contribution in [3.63, 3.8) is 0 Å². The van der Waals surface area contributed by atoms with Crippen molar-refractivity contribution in [1.82, 2.24) is 4.90 Å². The van der Waals surface area contributed by atoms with Gasteiger partial charge in [0, 0.05) is 12.5 Å². The fourth-order valence-electron chi connectivity index (χ4n) is 4.36. The van der Waals surface area contributed by atoms with Gasteiger partial charge in [-0.05, 0) is 43.5 Å². The number of likely N-dealkylation sites (tertiary alicyclic amines) is 1. The highest BCUT2D eigenvalue weighted by Crippen LogP contribution is 2.36. The average molecular weight is 275 g/mol. The van der Waals surface area contributed by atoms with Gasteiger partial charge < -0.3 is 4.90 Å². The van der Waals surface area contributed by atoms with Crippen molar-refractivity contribution in [3.05, 3.63) is 59.7 Å². The van der Waals surface area contributed by atoms with Crippen LogP contribution in [-0.2, 0) is 0 Å². The molecule has 4 rings (SSSR count). The summed E-state index contributed by atoms with van der Waals surface area (Å²) in [4.78, 5) is 2.51. The summed E-state index contributed by atoms with van der Waals surface area (Å²) in [6.07, 6.45) is 2.69. The standard InChI is InChI=1S/C19H22BN/c1-21-12-6-7-14(13-21)19-15-8-2-4-10-17(15)20-18-11-5-3-9-16(18)19/h2-5,8-11,14,19-20H,6-7,12-13H2,1H3. The van der Waals surface area contributed by atoms with Crippen LogP contribution >= 0.6 is 0 Å². The summed E-state index contributed by atoms with van der Waals surface area (Å²) in [5.41, 5.74) is 6.23. The Hall–Kier alpha value is -1.54. The smallest absolute Gasteiger partial charge is 0.193 e. The number of hydrogen-bond donors (Lipinski definition) is 0. The van der Waals surface area contributed by atoms with E-state index in [1.807, 2.05) is 0 Å². The van der Waals surface area contributed by atoms with E-state index in [0.717, 1.165) is 13.2 Å². The monoisotopic (exact) mass is 275 g/mol. The van der Waals surface area contributed by atoms with E-state index in [1.165, 1.54) is 36.9 Å². The van der Waals surface area contributed by atoms with Gasteiger partial charge in [0.05, 0.1) is 0 Å². The molecule has 1 unspecified atom stereocenters. The van der Waals surface area contributed by atoms with Crippen molar-refractivity contribution in [3.8, 4) is 0 Å². The number of rotatable bonds is 1. The van der Waals surface area contributed by atoms with Crippen LogP contribution in [0.3, 0.4) is 0 Å². The molecule has 2 aromatic rings. The van der Waals surface area contributed by atoms with Gasteiger partial charge in [-0.1, -0.05) is 59.5 Å². The largest absolute Gasteiger partial charge is 0.306 e. The number of piperidine rings is 1. The highest BCUT2D eigenvalue weighted by Gasteiger charge is 2.33. The minimum atomic E-state index is 0.592. The maximum atomic E-state index is 2.51. The number of benzene rings is 2. The first-order valence-electron chi connectivity index (χ1n) is 8.17. The van der Waals surface area contributed by atoms with Crippen LogP contribution in [0.5, 0.6) is 0 Å². The molecule has 0 saturated carbocycles. The molecule has 1 atom stereocenters. The van der Waals surface area contributed by atoms with Crippen LogP contribution in [0.25, 0.3) is 0 Å². The Balaban J connectivity index is 1.81. The number of hydrogen-bond acceptors (Lipinski definition) is 1. The Morgan fingerprint density at radius 3 is 2.19 bits per heavy atom. The van der Waals surface area contributed by atoms with Gasteiger partial charge in [-0.25, -0.2) is 0 Å². The summed E-state index contributed by atoms with van der Waals surface area (Å²) in [5, 5.41) is 0. The summed E-state index contributed by atoms with van der Waals surface area (Å²) in [6, 6.07) is 18.2. The molecule has 0 bridgehead atoms. The molecular weight excluding hydrogens is 253 g/mol. The van der Waals surface area contributed by atoms with Gasteiger partial charge in [0.2, 0.25) is 0 Å². The van der Waals surface area contributed by atoms with Gasteiger partial charge >= 0.3 is 0 Å². The first-order chi connectivity index (χ1) is 10.3. The number of nitrogens with zero attached hydrogens (tertiary/aromatic N) is 1. The molecule has 0 aromatic heterocycles. The molecule has 2 aliphatic rings. The van der Waals surface area contributed by atoms with E-state index < -0.39 is 0 Å². The lowest BCUT2D eigenvalue weighted by atomic mass is 9.52. The van der Waals surface area contributed by atoms with Crippen LogP contribution in [0.4, 0.5) is 0 Å². The number of fused-ring (bicyclic) bond motifs is 2. The van der Waals surface area contributed by atoms with E-state index in [-0.39, 0.29) is 0 Å². The average Bonchev–Trinajstić information content (AvgIpc) is 2.52. The highest BCUT2D eigenvalue weighted by atomic mass is 15.1. The molecule has 0 spiro atoms. The molecule has 21 heavy (non-hydrogen) atoms. The normalized spacial score (nSPS) is 22.2. The predicted molar refractivity (Wildman–Crippen MR) is 91.4 cm³/mol. The van der Waals surface area contributed by atoms with E-state index in [9.17, 15) is 0 Å². The van der Waals surface area contributed by atoms with Gasteiger partial charge in [-0.2, -0.15) is 0 Å². The highest BCUT2D eigenvalue weighted by molar-refractivity contribution is 6.69. The molecule has 2 aliphatic heterocycles. The van der Waals surface area contributed by atoms with Crippen LogP contribution in [-0.4, -0.2) is 32.3 Å². The Labute approximate surface area is 128 Å². The summed E-state index contributed by atoms with van der Waals surface area (Å²) in [6.45, 7) is 2.49. The zero-order valence-corrected chi connectivity index (χ0v) is 12.8. The molecular formula is C19H22BN. The molecule has 2 heterocycles. The lowest BCUT2D eigenvalue weighted by molar-refractivity contribution is 0.197. The molecule has 0 aliphatic carbocycles. The fourth-order valence-corrected chi connectivity index (χ4v) is 4.36. The van der Waals surface area contributed by atoms with E-state index in [4.69, 9.17) is 0 Å². The lowest BCUT2D eigenvalue weighted by Gasteiger charge is -2.39. The fraction of sp³-hybridized carbons (Fsp3) is 0.368. The van der Waals surface area contributed by atoms with Crippen molar-refractivity contribution >= 4 is 18.2 Å². The van der Waals surface area contributed by atoms with Crippen LogP contribution in [0, 0.1) is 5.92 Å². The van der Waals surface area contributed by atoms with Crippen LogP contribution < -0.4 is 10.9 Å². The first-order valence-corrected chi connectivity index (χ1v) is 8.17. The third-order valence-electron chi connectivity index (χ3n) is 5.29. The van der Waals surface area contributed by atoms with Crippen LogP contribution in [0.2, 0.25) is 0 Å². The van der Waals surface area contributed by atoms with Gasteiger partial charge in [0.1, 0.15) is 0 Å². The van der Waals surface area contributed by atoms with Crippen molar-refractivity contribution in [2.75, 3.05) is 20.1 Å². The Kier molecular flexibility index (Phi) is 3.35. The summed E-state index contributed by atoms with van der Waals surface area (Å²) in [5.74, 6) is 1.35. The summed E-state index contributed by atoms with van der Waals surface area (Å²) < 4.78 is 0. The third kappa shape index (κ3) is 2.32. The summed E-state index contributed by atoms with van der Waals surface area (Å²) in [7, 11) is 3.37. The van der Waals surface area contributed by atoms with Crippen molar-refractivity contribution in [1.29, 1.82) is 0 Å². The molecule has 106 valence electrons. The Morgan fingerprint density at radius 1 is 0.952 bits per heavy atom. The zero-order valence-electron chi connectivity index (χ0n) is 12.8. The quantitative estimate of drug-likeness (QED) is 0.718. The molecule has 2 heteroatoms. The SMILES string of the molecule is CN1CCCC(C2c3ccccc3Bc3ccccc32)C1. The second-order valence-electron chi connectivity index (χ2n) is 6.72. The first kappa shape index (κ1) is 13.2. The van der Waals surface area contributed by atoms with Gasteiger partial charge in [-0.3, -0.25) is 0 Å². The Morgan fingerprint density at radius 2 is 1.57 bits per heavy atom. The van der Waals surface area contributed by atoms with E-state index in [0.29, 0.717) is 5.92 Å². The predicted octanol–water partition coefficient (Wildman–Crippen LogP) is 1.86. The van der Waals surface area contributed by atoms with Crippen molar-refractivity contribution in [2.24, 2.45) is 5.92 Å². The topological polar surface area (TPSA) is 3.24 Å². The maximum Gasteiger partial charge on any atom is 0.193 e. The lowest BCUT2D eigenvalue weighted by Crippen LogP contribution is -2.44. The van der Waals surface area contributed by atoms with Gasteiger partial charge in [0.25, 0.3) is 0 Å². The van der Waals surface area contributed by atoms with E-state index in [1.54, 1.807) is 11.1 Å². The van der Waals surface area contributed by atoms with Crippen LogP contribution in [0.15, 0.2) is 48.5 Å². The Bertz CT molecular complexity index is 606. The second kappa shape index (κ2) is 5.34. The van der Waals surface area contributed by atoms with Crippen LogP contribution in [0.1, 0.15) is 29.9 Å². The van der Waals surface area contributed by atoms with Gasteiger partial charge in [0.15, 0.2) is 7.28 Å². The molecule has 1 fully saturated rings. The summed E-state index contributed by atoms with van der Waals surface area (Å²) >= 11 is 0. The van der Waals surface area contributed by atoms with Gasteiger partial charge in [-0.15, -0.1) is 0 Å². The maximum absolute atomic E-state index is 2.51. The molecule has 0 radical (unpaired) electrons. The van der Waals surface area contributed by atoms with Crippen molar-refractivity contribution in [2.45, 2.75) is 18.8 Å². The van der Waals surface area contributed by atoms with E-state index >= 15 is 0 Å². The minimum Gasteiger partial charge on any atom is -0.306 e. The van der Waals surface area contributed by atoms with Crippen molar-refractivity contribution < 1.29 is 0 Å². The second-order valence-corrected chi connectivity index (χ2v) is 6.72. The molecule has 2 aromatic carbocycles. The zero-order chi connectivity index (χ0) is 14.2. The third-order valence-corrected chi connectivity index (χ3v) is 5.29. The molecule has 0 amide bonds. The van der Waals surface area contributed by atoms with E-state index in [2.05, 4.69) is 60.5 Å². The molecule has 1 saturated heterocycles. The molecule has 0 N–H and O–H groups in total. The minimum absolute atomic E-state index is 0.592. The molecule has 1 nitrogen and oxygen atoms in total.